The van der Waals surface area contributed by atoms with Crippen LogP contribution in [0.5, 0.6) is 0 Å². The van der Waals surface area contributed by atoms with Crippen LogP contribution in [0.1, 0.15) is 11.1 Å². The number of nitrogens with one attached hydrogen (secondary N) is 2. The number of nitrogens with two attached hydrogens (primary N) is 4. The molecule has 0 saturated carbocycles. The Morgan fingerprint density at radius 2 is 1.10 bits per heavy atom. The second kappa shape index (κ2) is 8.32. The summed E-state index contributed by atoms with van der Waals surface area (Å²) in [7, 11) is 0. The van der Waals surface area contributed by atoms with Crippen LogP contribution in [0.4, 0.5) is 46.0 Å². The first-order chi connectivity index (χ1) is 15.0. The SMILES string of the molecule is Nc1n[nH]c(N)c1N=Nc1cccc(Cc2cccc(N=Nc3c(N)n[nH]c3N)c2)c1. The molecule has 0 bridgehead atoms. The molecular weight excluding hydrogens is 396 g/mol. The van der Waals surface area contributed by atoms with Crippen LogP contribution in [0.15, 0.2) is 69.0 Å². The van der Waals surface area contributed by atoms with Gasteiger partial charge in [0.15, 0.2) is 23.0 Å². The van der Waals surface area contributed by atoms with Gasteiger partial charge in [0, 0.05) is 0 Å². The molecule has 0 spiro atoms. The van der Waals surface area contributed by atoms with Gasteiger partial charge >= 0.3 is 0 Å². The average Bonchev–Trinajstić information content (AvgIpc) is 3.25. The number of anilines is 4. The number of H-pyrrole nitrogens is 2. The molecule has 31 heavy (non-hydrogen) atoms. The number of nitrogen functional groups attached to an aromatic ring is 4. The fourth-order valence-corrected chi connectivity index (χ4v) is 2.85. The summed E-state index contributed by atoms with van der Waals surface area (Å²) in [5.74, 6) is 0.925. The third-order valence-electron chi connectivity index (χ3n) is 4.35. The van der Waals surface area contributed by atoms with Crippen molar-refractivity contribution in [2.75, 3.05) is 22.9 Å². The molecule has 0 atom stereocenters. The van der Waals surface area contributed by atoms with Crippen LogP contribution in [0.3, 0.4) is 0 Å². The standard InChI is InChI=1S/C19H20N12/c20-16-14(17(21)29-28-16)26-24-12-5-1-3-10(8-12)7-11-4-2-6-13(9-11)25-27-15-18(22)30-31-19(15)23/h1-6,8-9H,7H2,(H5,20,21,28,29)(H5,22,23,30,31). The number of nitrogens with zero attached hydrogens (tertiary/aromatic N) is 6. The molecule has 0 saturated heterocycles. The molecule has 10 N–H and O–H groups in total. The third-order valence-corrected chi connectivity index (χ3v) is 4.35. The molecule has 12 heteroatoms. The molecule has 2 aromatic heterocycles. The topological polar surface area (TPSA) is 211 Å². The molecule has 4 aromatic rings. The highest BCUT2D eigenvalue weighted by Gasteiger charge is 2.08. The summed E-state index contributed by atoms with van der Waals surface area (Å²) in [5, 5.41) is 29.3. The number of azo groups is 2. The van der Waals surface area contributed by atoms with Crippen molar-refractivity contribution in [2.24, 2.45) is 20.5 Å². The van der Waals surface area contributed by atoms with Crippen molar-refractivity contribution in [3.8, 4) is 0 Å². The van der Waals surface area contributed by atoms with Gasteiger partial charge in [-0.15, -0.1) is 10.2 Å². The Hall–Kier alpha value is -4.74. The zero-order chi connectivity index (χ0) is 21.8. The Balaban J connectivity index is 1.50. The number of hydrogen-bond acceptors (Lipinski definition) is 10. The van der Waals surface area contributed by atoms with E-state index in [0.717, 1.165) is 11.1 Å². The Morgan fingerprint density at radius 3 is 1.48 bits per heavy atom. The molecular formula is C19H20N12. The van der Waals surface area contributed by atoms with Crippen molar-refractivity contribution >= 4 is 46.0 Å². The van der Waals surface area contributed by atoms with Gasteiger partial charge in [-0.1, -0.05) is 24.3 Å². The summed E-state index contributed by atoms with van der Waals surface area (Å²) in [6.07, 6.45) is 0.665. The minimum atomic E-state index is 0.197. The lowest BCUT2D eigenvalue weighted by Gasteiger charge is -2.04. The Morgan fingerprint density at radius 1 is 0.645 bits per heavy atom. The lowest BCUT2D eigenvalue weighted by atomic mass is 10.0. The lowest BCUT2D eigenvalue weighted by Crippen LogP contribution is -1.87. The van der Waals surface area contributed by atoms with E-state index in [-0.39, 0.29) is 23.3 Å². The molecule has 2 aromatic carbocycles. The quantitative estimate of drug-likeness (QED) is 0.256. The van der Waals surface area contributed by atoms with E-state index >= 15 is 0 Å². The molecule has 0 aliphatic heterocycles. The van der Waals surface area contributed by atoms with E-state index in [1.165, 1.54) is 0 Å². The maximum atomic E-state index is 5.74. The van der Waals surface area contributed by atoms with Crippen LogP contribution in [-0.4, -0.2) is 20.4 Å². The molecule has 0 unspecified atom stereocenters. The Kier molecular flexibility index (Phi) is 5.26. The second-order valence-corrected chi connectivity index (χ2v) is 6.66. The van der Waals surface area contributed by atoms with Crippen molar-refractivity contribution in [1.82, 2.24) is 20.4 Å². The molecule has 156 valence electrons. The van der Waals surface area contributed by atoms with Gasteiger partial charge in [0.1, 0.15) is 11.6 Å². The molecule has 0 radical (unpaired) electrons. The van der Waals surface area contributed by atoms with E-state index in [1.54, 1.807) is 0 Å². The lowest BCUT2D eigenvalue weighted by molar-refractivity contribution is 1.11. The minimum absolute atomic E-state index is 0.197. The third kappa shape index (κ3) is 4.48. The molecule has 0 amide bonds. The monoisotopic (exact) mass is 416 g/mol. The van der Waals surface area contributed by atoms with Gasteiger partial charge < -0.3 is 22.9 Å². The van der Waals surface area contributed by atoms with Crippen molar-refractivity contribution < 1.29 is 0 Å². The molecule has 0 aliphatic carbocycles. The molecule has 0 aliphatic rings. The van der Waals surface area contributed by atoms with E-state index in [0.29, 0.717) is 29.2 Å². The van der Waals surface area contributed by atoms with Crippen molar-refractivity contribution in [1.29, 1.82) is 0 Å². The minimum Gasteiger partial charge on any atom is -0.382 e. The van der Waals surface area contributed by atoms with Crippen LogP contribution in [0.25, 0.3) is 0 Å². The highest BCUT2D eigenvalue weighted by Crippen LogP contribution is 2.30. The summed E-state index contributed by atoms with van der Waals surface area (Å²) in [6.45, 7) is 0. The van der Waals surface area contributed by atoms with E-state index in [1.807, 2.05) is 48.5 Å². The first-order valence-corrected chi connectivity index (χ1v) is 9.19. The maximum absolute atomic E-state index is 5.74. The zero-order valence-electron chi connectivity index (χ0n) is 16.3. The van der Waals surface area contributed by atoms with Crippen LogP contribution in [-0.2, 0) is 6.42 Å². The summed E-state index contributed by atoms with van der Waals surface area (Å²) >= 11 is 0. The highest BCUT2D eigenvalue weighted by atomic mass is 15.3. The number of aromatic amines is 2. The van der Waals surface area contributed by atoms with E-state index in [4.69, 9.17) is 22.9 Å². The Labute approximate surface area is 176 Å². The van der Waals surface area contributed by atoms with Crippen LogP contribution >= 0.6 is 0 Å². The molecule has 0 fully saturated rings. The van der Waals surface area contributed by atoms with Gasteiger partial charge in [0.05, 0.1) is 11.4 Å². The number of aromatic nitrogens is 4. The predicted octanol–water partition coefficient (Wildman–Crippen LogP) is 3.88. The molecule has 4 rings (SSSR count). The van der Waals surface area contributed by atoms with E-state index < -0.39 is 0 Å². The number of benzene rings is 2. The van der Waals surface area contributed by atoms with E-state index in [2.05, 4.69) is 40.9 Å². The zero-order valence-corrected chi connectivity index (χ0v) is 16.3. The summed E-state index contributed by atoms with van der Waals surface area (Å²) in [6, 6.07) is 15.3. The first kappa shape index (κ1) is 19.6. The van der Waals surface area contributed by atoms with E-state index in [9.17, 15) is 0 Å². The summed E-state index contributed by atoms with van der Waals surface area (Å²) in [4.78, 5) is 0. The van der Waals surface area contributed by atoms with Crippen molar-refractivity contribution in [2.45, 2.75) is 6.42 Å². The van der Waals surface area contributed by atoms with Gasteiger partial charge in [-0.2, -0.15) is 20.4 Å². The Bertz CT molecular complexity index is 1130. The van der Waals surface area contributed by atoms with Crippen LogP contribution in [0, 0.1) is 0 Å². The number of rotatable bonds is 6. The first-order valence-electron chi connectivity index (χ1n) is 9.19. The normalized spacial score (nSPS) is 11.6. The number of hydrogen-bond donors (Lipinski definition) is 6. The van der Waals surface area contributed by atoms with Gasteiger partial charge in [0.2, 0.25) is 0 Å². The average molecular weight is 416 g/mol. The predicted molar refractivity (Wildman–Crippen MR) is 119 cm³/mol. The van der Waals surface area contributed by atoms with Crippen LogP contribution in [0.2, 0.25) is 0 Å². The summed E-state index contributed by atoms with van der Waals surface area (Å²) < 4.78 is 0. The summed E-state index contributed by atoms with van der Waals surface area (Å²) in [5.41, 5.74) is 27.0. The van der Waals surface area contributed by atoms with Gasteiger partial charge in [-0.25, -0.2) is 0 Å². The van der Waals surface area contributed by atoms with Gasteiger partial charge in [-0.3, -0.25) is 10.2 Å². The smallest absolute Gasteiger partial charge is 0.175 e. The van der Waals surface area contributed by atoms with Gasteiger partial charge in [-0.05, 0) is 41.8 Å². The second-order valence-electron chi connectivity index (χ2n) is 6.66. The van der Waals surface area contributed by atoms with Crippen molar-refractivity contribution in [3.63, 3.8) is 0 Å². The maximum Gasteiger partial charge on any atom is 0.175 e. The van der Waals surface area contributed by atoms with Crippen molar-refractivity contribution in [3.05, 3.63) is 59.7 Å². The van der Waals surface area contributed by atoms with Crippen LogP contribution < -0.4 is 22.9 Å². The highest BCUT2D eigenvalue weighted by molar-refractivity contribution is 5.71. The largest absolute Gasteiger partial charge is 0.382 e. The van der Waals surface area contributed by atoms with Gasteiger partial charge in [0.25, 0.3) is 0 Å². The molecule has 12 nitrogen and oxygen atoms in total. The molecule has 2 heterocycles. The fourth-order valence-electron chi connectivity index (χ4n) is 2.85. The fraction of sp³-hybridized carbons (Fsp3) is 0.0526.